The lowest BCUT2D eigenvalue weighted by Gasteiger charge is -2.31. The zero-order valence-corrected chi connectivity index (χ0v) is 12.9. The van der Waals surface area contributed by atoms with Crippen LogP contribution in [0.1, 0.15) is 19.3 Å². The second-order valence-corrected chi connectivity index (χ2v) is 6.33. The molecule has 1 amide bonds. The number of piperidine rings is 1. The molecule has 4 nitrogen and oxygen atoms in total. The minimum atomic E-state index is 0.0112. The summed E-state index contributed by atoms with van der Waals surface area (Å²) in [5.74, 6) is 1.23. The number of rotatable bonds is 6. The SMILES string of the molecule is CSCCC(C(=O)NC1CCN(C)CC1)N(C)C. The van der Waals surface area contributed by atoms with Crippen molar-refractivity contribution in [2.24, 2.45) is 0 Å². The smallest absolute Gasteiger partial charge is 0.237 e. The third-order valence-electron chi connectivity index (χ3n) is 3.59. The number of carbonyl (C=O) groups is 1. The fraction of sp³-hybridized carbons (Fsp3) is 0.923. The normalized spacial score (nSPS) is 20.1. The Labute approximate surface area is 115 Å². The number of nitrogens with zero attached hydrogens (tertiary/aromatic N) is 2. The molecule has 1 atom stereocenters. The van der Waals surface area contributed by atoms with E-state index in [0.29, 0.717) is 6.04 Å². The van der Waals surface area contributed by atoms with Gasteiger partial charge in [-0.15, -0.1) is 0 Å². The summed E-state index contributed by atoms with van der Waals surface area (Å²) in [6, 6.07) is 0.377. The van der Waals surface area contributed by atoms with Gasteiger partial charge in [0.1, 0.15) is 0 Å². The summed E-state index contributed by atoms with van der Waals surface area (Å²) >= 11 is 1.80. The van der Waals surface area contributed by atoms with Gasteiger partial charge in [0.25, 0.3) is 0 Å². The van der Waals surface area contributed by atoms with E-state index in [-0.39, 0.29) is 11.9 Å². The van der Waals surface area contributed by atoms with Gasteiger partial charge in [-0.1, -0.05) is 0 Å². The number of likely N-dealkylation sites (N-methyl/N-ethyl adjacent to an activating group) is 1. The molecule has 1 aliphatic heterocycles. The fourth-order valence-electron chi connectivity index (χ4n) is 2.30. The Kier molecular flexibility index (Phi) is 7.04. The standard InChI is InChI=1S/C13H27N3OS/c1-15(2)12(7-10-18-4)13(17)14-11-5-8-16(3)9-6-11/h11-12H,5-10H2,1-4H3,(H,14,17). The minimum absolute atomic E-state index is 0.0112. The Balaban J connectivity index is 2.40. The summed E-state index contributed by atoms with van der Waals surface area (Å²) in [6.45, 7) is 2.17. The molecule has 1 saturated heterocycles. The lowest BCUT2D eigenvalue weighted by Crippen LogP contribution is -2.50. The maximum absolute atomic E-state index is 12.3. The Hall–Kier alpha value is -0.260. The quantitative estimate of drug-likeness (QED) is 0.779. The molecule has 106 valence electrons. The lowest BCUT2D eigenvalue weighted by molar-refractivity contribution is -0.126. The Morgan fingerprint density at radius 2 is 2.06 bits per heavy atom. The van der Waals surface area contributed by atoms with E-state index >= 15 is 0 Å². The second kappa shape index (κ2) is 8.02. The van der Waals surface area contributed by atoms with E-state index in [2.05, 4.69) is 23.5 Å². The van der Waals surface area contributed by atoms with Crippen LogP contribution in [0.25, 0.3) is 0 Å². The molecule has 1 fully saturated rings. The van der Waals surface area contributed by atoms with E-state index in [4.69, 9.17) is 0 Å². The molecule has 1 rings (SSSR count). The van der Waals surface area contributed by atoms with E-state index in [1.807, 2.05) is 19.0 Å². The zero-order valence-electron chi connectivity index (χ0n) is 12.1. The van der Waals surface area contributed by atoms with E-state index in [0.717, 1.165) is 38.1 Å². The van der Waals surface area contributed by atoms with Crippen molar-refractivity contribution >= 4 is 17.7 Å². The average Bonchev–Trinajstić information content (AvgIpc) is 2.32. The van der Waals surface area contributed by atoms with Gasteiger partial charge in [0.05, 0.1) is 6.04 Å². The van der Waals surface area contributed by atoms with Gasteiger partial charge in [-0.25, -0.2) is 0 Å². The first-order valence-corrected chi connectivity index (χ1v) is 8.08. The number of carbonyl (C=O) groups excluding carboxylic acids is 1. The average molecular weight is 273 g/mol. The van der Waals surface area contributed by atoms with Crippen LogP contribution in [-0.4, -0.2) is 74.0 Å². The molecule has 1 heterocycles. The summed E-state index contributed by atoms with van der Waals surface area (Å²) in [7, 11) is 6.11. The van der Waals surface area contributed by atoms with Crippen molar-refractivity contribution < 1.29 is 4.79 Å². The predicted molar refractivity (Wildman–Crippen MR) is 79.1 cm³/mol. The first-order valence-electron chi connectivity index (χ1n) is 6.69. The molecule has 1 aliphatic rings. The number of hydrogen-bond acceptors (Lipinski definition) is 4. The molecule has 5 heteroatoms. The maximum atomic E-state index is 12.3. The van der Waals surface area contributed by atoms with Crippen LogP contribution in [0.15, 0.2) is 0 Å². The van der Waals surface area contributed by atoms with Gasteiger partial charge in [-0.3, -0.25) is 9.69 Å². The van der Waals surface area contributed by atoms with Gasteiger partial charge < -0.3 is 10.2 Å². The lowest BCUT2D eigenvalue weighted by atomic mass is 10.0. The number of thioether (sulfide) groups is 1. The van der Waals surface area contributed by atoms with Crippen molar-refractivity contribution in [2.75, 3.05) is 46.2 Å². The molecule has 0 aliphatic carbocycles. The molecular weight excluding hydrogens is 246 g/mol. The molecule has 0 spiro atoms. The van der Waals surface area contributed by atoms with Crippen LogP contribution in [0.3, 0.4) is 0 Å². The Morgan fingerprint density at radius 1 is 1.44 bits per heavy atom. The van der Waals surface area contributed by atoms with E-state index < -0.39 is 0 Å². The van der Waals surface area contributed by atoms with Crippen LogP contribution < -0.4 is 5.32 Å². The van der Waals surface area contributed by atoms with Gasteiger partial charge in [0.2, 0.25) is 5.91 Å². The molecule has 0 aromatic rings. The van der Waals surface area contributed by atoms with E-state index in [9.17, 15) is 4.79 Å². The minimum Gasteiger partial charge on any atom is -0.352 e. The molecule has 0 bridgehead atoms. The maximum Gasteiger partial charge on any atom is 0.237 e. The number of hydrogen-bond donors (Lipinski definition) is 1. The topological polar surface area (TPSA) is 35.6 Å². The Morgan fingerprint density at radius 3 is 2.56 bits per heavy atom. The molecule has 1 N–H and O–H groups in total. The van der Waals surface area contributed by atoms with Crippen molar-refractivity contribution in [2.45, 2.75) is 31.3 Å². The van der Waals surface area contributed by atoms with Gasteiger partial charge in [-0.2, -0.15) is 11.8 Å². The highest BCUT2D eigenvalue weighted by atomic mass is 32.2. The highest BCUT2D eigenvalue weighted by Crippen LogP contribution is 2.11. The van der Waals surface area contributed by atoms with Crippen LogP contribution in [0.5, 0.6) is 0 Å². The summed E-state index contributed by atoms with van der Waals surface area (Å²) < 4.78 is 0. The second-order valence-electron chi connectivity index (χ2n) is 5.35. The molecule has 1 unspecified atom stereocenters. The monoisotopic (exact) mass is 273 g/mol. The van der Waals surface area contributed by atoms with Gasteiger partial charge in [0, 0.05) is 6.04 Å². The van der Waals surface area contributed by atoms with Gasteiger partial charge >= 0.3 is 0 Å². The van der Waals surface area contributed by atoms with E-state index in [1.165, 1.54) is 0 Å². The fourth-order valence-corrected chi connectivity index (χ4v) is 2.76. The summed E-state index contributed by atoms with van der Waals surface area (Å²) in [5.41, 5.74) is 0. The number of likely N-dealkylation sites (tertiary alicyclic amines) is 1. The number of amides is 1. The third-order valence-corrected chi connectivity index (χ3v) is 4.23. The van der Waals surface area contributed by atoms with Crippen molar-refractivity contribution in [1.82, 2.24) is 15.1 Å². The van der Waals surface area contributed by atoms with Gasteiger partial charge in [-0.05, 0) is 65.5 Å². The van der Waals surface area contributed by atoms with Crippen LogP contribution >= 0.6 is 11.8 Å². The van der Waals surface area contributed by atoms with Crippen molar-refractivity contribution in [3.05, 3.63) is 0 Å². The van der Waals surface area contributed by atoms with Crippen molar-refractivity contribution in [3.8, 4) is 0 Å². The highest BCUT2D eigenvalue weighted by Gasteiger charge is 2.24. The first-order chi connectivity index (χ1) is 8.54. The van der Waals surface area contributed by atoms with Crippen LogP contribution in [0.4, 0.5) is 0 Å². The largest absolute Gasteiger partial charge is 0.352 e. The van der Waals surface area contributed by atoms with E-state index in [1.54, 1.807) is 11.8 Å². The molecule has 0 aromatic heterocycles. The molecule has 0 radical (unpaired) electrons. The molecular formula is C13H27N3OS. The molecule has 18 heavy (non-hydrogen) atoms. The van der Waals surface area contributed by atoms with Crippen LogP contribution in [0, 0.1) is 0 Å². The third kappa shape index (κ3) is 5.16. The van der Waals surface area contributed by atoms with Gasteiger partial charge in [0.15, 0.2) is 0 Å². The summed E-state index contributed by atoms with van der Waals surface area (Å²) in [5, 5.41) is 3.21. The molecule has 0 saturated carbocycles. The van der Waals surface area contributed by atoms with Crippen LogP contribution in [-0.2, 0) is 4.79 Å². The predicted octanol–water partition coefficient (Wildman–Crippen LogP) is 0.880. The first kappa shape index (κ1) is 15.8. The summed E-state index contributed by atoms with van der Waals surface area (Å²) in [4.78, 5) is 16.6. The molecule has 0 aromatic carbocycles. The number of nitrogens with one attached hydrogen (secondary N) is 1. The summed E-state index contributed by atoms with van der Waals surface area (Å²) in [6.07, 6.45) is 5.16. The Bertz CT molecular complexity index is 253. The zero-order chi connectivity index (χ0) is 13.5. The van der Waals surface area contributed by atoms with Crippen molar-refractivity contribution in [3.63, 3.8) is 0 Å². The van der Waals surface area contributed by atoms with Crippen molar-refractivity contribution in [1.29, 1.82) is 0 Å². The highest BCUT2D eigenvalue weighted by molar-refractivity contribution is 7.98. The van der Waals surface area contributed by atoms with Crippen LogP contribution in [0.2, 0.25) is 0 Å².